The molecule has 1 aliphatic rings. The molecule has 3 rings (SSSR count). The van der Waals surface area contributed by atoms with E-state index in [0.29, 0.717) is 11.6 Å². The molecule has 1 heterocycles. The molecule has 1 N–H and O–H groups in total. The molecule has 0 saturated heterocycles. The van der Waals surface area contributed by atoms with Crippen LogP contribution in [0.1, 0.15) is 69.4 Å². The summed E-state index contributed by atoms with van der Waals surface area (Å²) in [6, 6.07) is 11.5. The third-order valence-electron chi connectivity index (χ3n) is 5.05. The standard InChI is InChI=1S/C25H29NO3/c1-15-10-8-9-11-17(15)22-26-20(23(28)29-22)14-16-12-18(24(2,3)4)21(27)19(13-16)25(5,6)7/h8-14,27H,1-7H3/b20-14-. The summed E-state index contributed by atoms with van der Waals surface area (Å²) in [5, 5.41) is 10.9. The molecular weight excluding hydrogens is 362 g/mol. The predicted molar refractivity (Wildman–Crippen MR) is 117 cm³/mol. The summed E-state index contributed by atoms with van der Waals surface area (Å²) in [6.45, 7) is 14.3. The van der Waals surface area contributed by atoms with Gasteiger partial charge in [-0.25, -0.2) is 9.79 Å². The zero-order valence-electron chi connectivity index (χ0n) is 18.3. The van der Waals surface area contributed by atoms with E-state index in [4.69, 9.17) is 4.74 Å². The minimum absolute atomic E-state index is 0.246. The average molecular weight is 392 g/mol. The second-order valence-corrected chi connectivity index (χ2v) is 9.62. The lowest BCUT2D eigenvalue weighted by Crippen LogP contribution is -2.17. The fourth-order valence-electron chi connectivity index (χ4n) is 3.38. The molecule has 0 fully saturated rings. The van der Waals surface area contributed by atoms with Crippen molar-refractivity contribution in [3.05, 3.63) is 69.9 Å². The Hall–Kier alpha value is -2.88. The van der Waals surface area contributed by atoms with Gasteiger partial charge in [-0.15, -0.1) is 0 Å². The van der Waals surface area contributed by atoms with Gasteiger partial charge in [0.1, 0.15) is 5.75 Å². The molecule has 2 aromatic rings. The van der Waals surface area contributed by atoms with Crippen LogP contribution in [-0.2, 0) is 20.4 Å². The van der Waals surface area contributed by atoms with Crippen molar-refractivity contribution in [1.29, 1.82) is 0 Å². The number of cyclic esters (lactones) is 1. The molecule has 152 valence electrons. The summed E-state index contributed by atoms with van der Waals surface area (Å²) < 4.78 is 5.43. The predicted octanol–water partition coefficient (Wildman–Crippen LogP) is 5.64. The molecule has 0 aliphatic carbocycles. The Balaban J connectivity index is 2.12. The van der Waals surface area contributed by atoms with Crippen molar-refractivity contribution in [2.75, 3.05) is 0 Å². The molecule has 1 aliphatic heterocycles. The molecule has 0 amide bonds. The zero-order valence-corrected chi connectivity index (χ0v) is 18.3. The molecule has 0 radical (unpaired) electrons. The van der Waals surface area contributed by atoms with Crippen molar-refractivity contribution in [1.82, 2.24) is 0 Å². The highest BCUT2D eigenvalue weighted by Gasteiger charge is 2.28. The van der Waals surface area contributed by atoms with Gasteiger partial charge >= 0.3 is 5.97 Å². The topological polar surface area (TPSA) is 58.9 Å². The number of hydrogen-bond acceptors (Lipinski definition) is 4. The lowest BCUT2D eigenvalue weighted by atomic mass is 9.78. The highest BCUT2D eigenvalue weighted by atomic mass is 16.6. The molecule has 4 heteroatoms. The second-order valence-electron chi connectivity index (χ2n) is 9.62. The van der Waals surface area contributed by atoms with Gasteiger partial charge in [-0.1, -0.05) is 59.7 Å². The number of aryl methyl sites for hydroxylation is 1. The molecular formula is C25H29NO3. The minimum Gasteiger partial charge on any atom is -0.507 e. The van der Waals surface area contributed by atoms with E-state index in [9.17, 15) is 9.90 Å². The van der Waals surface area contributed by atoms with Crippen LogP contribution in [0.25, 0.3) is 6.08 Å². The van der Waals surface area contributed by atoms with Crippen molar-refractivity contribution >= 4 is 17.9 Å². The van der Waals surface area contributed by atoms with E-state index in [0.717, 1.165) is 27.8 Å². The van der Waals surface area contributed by atoms with E-state index in [1.54, 1.807) is 6.08 Å². The second kappa shape index (κ2) is 7.18. The number of nitrogens with zero attached hydrogens (tertiary/aromatic N) is 1. The summed E-state index contributed by atoms with van der Waals surface area (Å²) in [7, 11) is 0. The van der Waals surface area contributed by atoms with Crippen molar-refractivity contribution in [3.8, 4) is 5.75 Å². The van der Waals surface area contributed by atoms with Crippen LogP contribution < -0.4 is 0 Å². The smallest absolute Gasteiger partial charge is 0.363 e. The SMILES string of the molecule is Cc1ccccc1C1=N/C(=C\c2cc(C(C)(C)C)c(O)c(C(C)(C)C)c2)C(=O)O1. The monoisotopic (exact) mass is 391 g/mol. The summed E-state index contributed by atoms with van der Waals surface area (Å²) in [4.78, 5) is 16.9. The first-order chi connectivity index (χ1) is 13.4. The number of phenols is 1. The quantitative estimate of drug-likeness (QED) is 0.532. The van der Waals surface area contributed by atoms with Crippen molar-refractivity contribution in [2.45, 2.75) is 59.3 Å². The third kappa shape index (κ3) is 4.26. The highest BCUT2D eigenvalue weighted by Crippen LogP contribution is 2.40. The lowest BCUT2D eigenvalue weighted by Gasteiger charge is -2.27. The number of phenolic OH excluding ortho intramolecular Hbond substituents is 1. The van der Waals surface area contributed by atoms with E-state index < -0.39 is 5.97 Å². The summed E-state index contributed by atoms with van der Waals surface area (Å²) in [6.07, 6.45) is 1.73. The number of hydrogen-bond donors (Lipinski definition) is 1. The number of carbonyl (C=O) groups is 1. The maximum Gasteiger partial charge on any atom is 0.363 e. The molecule has 0 unspecified atom stereocenters. The van der Waals surface area contributed by atoms with E-state index in [2.05, 4.69) is 46.5 Å². The largest absolute Gasteiger partial charge is 0.507 e. The zero-order chi connectivity index (χ0) is 21.6. The summed E-state index contributed by atoms with van der Waals surface area (Å²) in [5.74, 6) is 0.168. The molecule has 0 spiro atoms. The Bertz CT molecular complexity index is 996. The fraction of sp³-hybridized carbons (Fsp3) is 0.360. The summed E-state index contributed by atoms with van der Waals surface area (Å²) >= 11 is 0. The van der Waals surface area contributed by atoms with Crippen LogP contribution in [0, 0.1) is 6.92 Å². The first kappa shape index (κ1) is 20.8. The van der Waals surface area contributed by atoms with Crippen LogP contribution in [-0.4, -0.2) is 17.0 Å². The Morgan fingerprint density at radius 2 is 1.52 bits per heavy atom. The third-order valence-corrected chi connectivity index (χ3v) is 5.05. The number of esters is 1. The molecule has 0 atom stereocenters. The first-order valence-corrected chi connectivity index (χ1v) is 9.84. The number of aliphatic imine (C=N–C) groups is 1. The normalized spacial score (nSPS) is 16.2. The minimum atomic E-state index is -0.467. The van der Waals surface area contributed by atoms with Gasteiger partial charge in [-0.3, -0.25) is 0 Å². The molecule has 2 aromatic carbocycles. The number of benzene rings is 2. The van der Waals surface area contributed by atoms with Crippen LogP contribution in [0.2, 0.25) is 0 Å². The van der Waals surface area contributed by atoms with Gasteiger partial charge in [-0.2, -0.15) is 0 Å². The van der Waals surface area contributed by atoms with Crippen LogP contribution in [0.15, 0.2) is 47.1 Å². The summed E-state index contributed by atoms with van der Waals surface area (Å²) in [5.41, 5.74) is 4.07. The van der Waals surface area contributed by atoms with E-state index in [1.165, 1.54) is 0 Å². The highest BCUT2D eigenvalue weighted by molar-refractivity contribution is 6.13. The molecule has 0 saturated carbocycles. The lowest BCUT2D eigenvalue weighted by molar-refractivity contribution is -0.129. The van der Waals surface area contributed by atoms with Crippen molar-refractivity contribution in [3.63, 3.8) is 0 Å². The van der Waals surface area contributed by atoms with Crippen molar-refractivity contribution in [2.24, 2.45) is 4.99 Å². The number of carbonyl (C=O) groups excluding carboxylic acids is 1. The number of aromatic hydroxyl groups is 1. The molecule has 4 nitrogen and oxygen atoms in total. The number of rotatable bonds is 2. The van der Waals surface area contributed by atoms with Gasteiger partial charge in [0.2, 0.25) is 5.90 Å². The Morgan fingerprint density at radius 3 is 2.03 bits per heavy atom. The maximum absolute atomic E-state index is 12.4. The van der Waals surface area contributed by atoms with E-state index in [1.807, 2.05) is 43.3 Å². The number of ether oxygens (including phenoxy) is 1. The molecule has 29 heavy (non-hydrogen) atoms. The van der Waals surface area contributed by atoms with Crippen LogP contribution in [0.5, 0.6) is 5.75 Å². The van der Waals surface area contributed by atoms with Gasteiger partial charge in [0.05, 0.1) is 0 Å². The molecule has 0 bridgehead atoms. The van der Waals surface area contributed by atoms with Gasteiger partial charge < -0.3 is 9.84 Å². The van der Waals surface area contributed by atoms with E-state index in [-0.39, 0.29) is 16.5 Å². The van der Waals surface area contributed by atoms with Gasteiger partial charge in [0.25, 0.3) is 0 Å². The Kier molecular flexibility index (Phi) is 5.16. The fourth-order valence-corrected chi connectivity index (χ4v) is 3.38. The van der Waals surface area contributed by atoms with Gasteiger partial charge in [-0.05, 0) is 53.2 Å². The van der Waals surface area contributed by atoms with Gasteiger partial charge in [0, 0.05) is 16.7 Å². The first-order valence-electron chi connectivity index (χ1n) is 9.84. The van der Waals surface area contributed by atoms with Crippen LogP contribution in [0.3, 0.4) is 0 Å². The van der Waals surface area contributed by atoms with Gasteiger partial charge in [0.15, 0.2) is 5.70 Å². The Labute approximate surface area is 173 Å². The van der Waals surface area contributed by atoms with E-state index >= 15 is 0 Å². The van der Waals surface area contributed by atoms with Crippen LogP contribution >= 0.6 is 0 Å². The molecule has 0 aromatic heterocycles. The van der Waals surface area contributed by atoms with Crippen LogP contribution in [0.4, 0.5) is 0 Å². The maximum atomic E-state index is 12.4. The van der Waals surface area contributed by atoms with Crippen molar-refractivity contribution < 1.29 is 14.6 Å². The Morgan fingerprint density at radius 1 is 0.966 bits per heavy atom. The average Bonchev–Trinajstić information content (AvgIpc) is 2.95.